The van der Waals surface area contributed by atoms with Crippen LogP contribution >= 0.6 is 0 Å². The van der Waals surface area contributed by atoms with E-state index in [0.717, 1.165) is 0 Å². The number of nitrogens with two attached hydrogens (primary N) is 1. The fourth-order valence-electron chi connectivity index (χ4n) is 2.25. The van der Waals surface area contributed by atoms with Gasteiger partial charge in [0.15, 0.2) is 0 Å². The molecule has 1 heterocycles. The Balaban J connectivity index is 2.55. The van der Waals surface area contributed by atoms with Crippen LogP contribution in [-0.4, -0.2) is 37.1 Å². The van der Waals surface area contributed by atoms with Gasteiger partial charge >= 0.3 is 6.18 Å². The van der Waals surface area contributed by atoms with Gasteiger partial charge in [-0.05, 0) is 12.1 Å². The molecular weight excluding hydrogens is 287 g/mol. The van der Waals surface area contributed by atoms with Gasteiger partial charge in [0.1, 0.15) is 12.6 Å². The minimum atomic E-state index is -4.56. The van der Waals surface area contributed by atoms with Gasteiger partial charge in [-0.2, -0.15) is 13.2 Å². The van der Waals surface area contributed by atoms with E-state index in [9.17, 15) is 22.8 Å². The van der Waals surface area contributed by atoms with Gasteiger partial charge in [-0.25, -0.2) is 0 Å². The van der Waals surface area contributed by atoms with Crippen LogP contribution in [0.5, 0.6) is 0 Å². The Bertz CT molecular complexity index is 574. The quantitative estimate of drug-likeness (QED) is 0.849. The van der Waals surface area contributed by atoms with E-state index in [4.69, 9.17) is 5.73 Å². The Kier molecular flexibility index (Phi) is 3.91. The third kappa shape index (κ3) is 3.15. The molecule has 1 aromatic carbocycles. The molecule has 0 aromatic heterocycles. The number of amides is 2. The second-order valence-corrected chi connectivity index (χ2v) is 4.76. The van der Waals surface area contributed by atoms with Gasteiger partial charge in [0.05, 0.1) is 17.9 Å². The maximum Gasteiger partial charge on any atom is 0.406 e. The van der Waals surface area contributed by atoms with Crippen LogP contribution in [0.15, 0.2) is 24.3 Å². The van der Waals surface area contributed by atoms with Crippen molar-refractivity contribution >= 4 is 23.2 Å². The lowest BCUT2D eigenvalue weighted by Crippen LogP contribution is -2.50. The van der Waals surface area contributed by atoms with Crippen LogP contribution in [-0.2, 0) is 9.59 Å². The van der Waals surface area contributed by atoms with Crippen LogP contribution < -0.4 is 15.5 Å². The van der Waals surface area contributed by atoms with Gasteiger partial charge in [-0.15, -0.1) is 0 Å². The molecule has 8 heteroatoms. The molecule has 0 fully saturated rings. The number of hydrogen-bond acceptors (Lipinski definition) is 3. The maximum absolute atomic E-state index is 12.7. The lowest BCUT2D eigenvalue weighted by Gasteiger charge is -2.25. The minimum absolute atomic E-state index is 0.0305. The molecule has 1 aliphatic heterocycles. The summed E-state index contributed by atoms with van der Waals surface area (Å²) in [4.78, 5) is 25.6. The summed E-state index contributed by atoms with van der Waals surface area (Å²) in [5.41, 5.74) is 5.92. The third-order valence-corrected chi connectivity index (χ3v) is 3.14. The molecule has 1 atom stereocenters. The molecule has 0 spiro atoms. The molecule has 0 saturated heterocycles. The second-order valence-electron chi connectivity index (χ2n) is 4.76. The lowest BCUT2D eigenvalue weighted by atomic mass is 10.2. The SMILES string of the molecule is CC(=O)N1C[C@H](N)C(=O)N(CC(F)(F)F)c2ccccc21. The van der Waals surface area contributed by atoms with Gasteiger partial charge in [0, 0.05) is 6.92 Å². The summed E-state index contributed by atoms with van der Waals surface area (Å²) in [7, 11) is 0. The molecule has 2 rings (SSSR count). The average molecular weight is 301 g/mol. The van der Waals surface area contributed by atoms with Crippen molar-refractivity contribution in [2.75, 3.05) is 22.9 Å². The Morgan fingerprint density at radius 1 is 1.33 bits per heavy atom. The summed E-state index contributed by atoms with van der Waals surface area (Å²) in [6.07, 6.45) is -4.56. The molecule has 2 amide bonds. The number of para-hydroxylation sites is 2. The number of halogens is 3. The summed E-state index contributed by atoms with van der Waals surface area (Å²) in [5.74, 6) is -1.25. The Morgan fingerprint density at radius 2 is 1.90 bits per heavy atom. The van der Waals surface area contributed by atoms with Crippen molar-refractivity contribution in [3.05, 3.63) is 24.3 Å². The highest BCUT2D eigenvalue weighted by Gasteiger charge is 2.39. The van der Waals surface area contributed by atoms with E-state index in [1.165, 1.54) is 30.0 Å². The third-order valence-electron chi connectivity index (χ3n) is 3.14. The second kappa shape index (κ2) is 5.36. The van der Waals surface area contributed by atoms with E-state index in [2.05, 4.69) is 0 Å². The van der Waals surface area contributed by atoms with Gasteiger partial charge in [0.25, 0.3) is 0 Å². The first-order valence-electron chi connectivity index (χ1n) is 6.21. The van der Waals surface area contributed by atoms with Gasteiger partial charge in [-0.1, -0.05) is 12.1 Å². The van der Waals surface area contributed by atoms with Gasteiger partial charge in [0.2, 0.25) is 11.8 Å². The van der Waals surface area contributed by atoms with Crippen molar-refractivity contribution in [1.82, 2.24) is 0 Å². The molecule has 114 valence electrons. The number of benzene rings is 1. The predicted molar refractivity (Wildman–Crippen MR) is 70.9 cm³/mol. The summed E-state index contributed by atoms with van der Waals surface area (Å²) in [5, 5.41) is 0. The van der Waals surface area contributed by atoms with E-state index in [1.54, 1.807) is 6.07 Å². The van der Waals surface area contributed by atoms with Crippen LogP contribution in [0, 0.1) is 0 Å². The van der Waals surface area contributed by atoms with Crippen molar-refractivity contribution in [1.29, 1.82) is 0 Å². The number of rotatable bonds is 1. The molecule has 0 unspecified atom stereocenters. The Hall–Kier alpha value is -2.09. The predicted octanol–water partition coefficient (Wildman–Crippen LogP) is 1.28. The van der Waals surface area contributed by atoms with Crippen molar-refractivity contribution < 1.29 is 22.8 Å². The highest BCUT2D eigenvalue weighted by molar-refractivity contribution is 6.06. The van der Waals surface area contributed by atoms with Crippen molar-refractivity contribution in [3.8, 4) is 0 Å². The van der Waals surface area contributed by atoms with Crippen LogP contribution in [0.1, 0.15) is 6.92 Å². The van der Waals surface area contributed by atoms with E-state index >= 15 is 0 Å². The molecule has 21 heavy (non-hydrogen) atoms. The molecule has 1 aromatic rings. The van der Waals surface area contributed by atoms with Crippen LogP contribution in [0.25, 0.3) is 0 Å². The fourth-order valence-corrected chi connectivity index (χ4v) is 2.25. The number of carbonyl (C=O) groups is 2. The molecule has 5 nitrogen and oxygen atoms in total. The number of nitrogens with zero attached hydrogens (tertiary/aromatic N) is 2. The zero-order valence-electron chi connectivity index (χ0n) is 11.2. The summed E-state index contributed by atoms with van der Waals surface area (Å²) >= 11 is 0. The highest BCUT2D eigenvalue weighted by Crippen LogP contribution is 2.34. The minimum Gasteiger partial charge on any atom is -0.318 e. The zero-order valence-corrected chi connectivity index (χ0v) is 11.2. The number of anilines is 2. The summed E-state index contributed by atoms with van der Waals surface area (Å²) in [6, 6.07) is 4.74. The topological polar surface area (TPSA) is 66.6 Å². The smallest absolute Gasteiger partial charge is 0.318 e. The average Bonchev–Trinajstić information content (AvgIpc) is 2.48. The number of carbonyl (C=O) groups excluding carboxylic acids is 2. The van der Waals surface area contributed by atoms with E-state index in [0.29, 0.717) is 4.90 Å². The number of alkyl halides is 3. The van der Waals surface area contributed by atoms with Crippen molar-refractivity contribution in [3.63, 3.8) is 0 Å². The van der Waals surface area contributed by atoms with Crippen molar-refractivity contribution in [2.24, 2.45) is 5.73 Å². The molecule has 0 saturated carbocycles. The van der Waals surface area contributed by atoms with E-state index in [1.807, 2.05) is 0 Å². The number of fused-ring (bicyclic) bond motifs is 1. The highest BCUT2D eigenvalue weighted by atomic mass is 19.4. The van der Waals surface area contributed by atoms with Gasteiger partial charge < -0.3 is 10.6 Å². The largest absolute Gasteiger partial charge is 0.406 e. The monoisotopic (exact) mass is 301 g/mol. The molecule has 0 radical (unpaired) electrons. The van der Waals surface area contributed by atoms with Crippen LogP contribution in [0.3, 0.4) is 0 Å². The van der Waals surface area contributed by atoms with Crippen molar-refractivity contribution in [2.45, 2.75) is 19.1 Å². The molecular formula is C13H14F3N3O2. The van der Waals surface area contributed by atoms with E-state index in [-0.39, 0.29) is 23.8 Å². The molecule has 1 aliphatic rings. The first-order valence-corrected chi connectivity index (χ1v) is 6.21. The molecule has 0 aliphatic carbocycles. The van der Waals surface area contributed by atoms with Gasteiger partial charge in [-0.3, -0.25) is 14.5 Å². The summed E-state index contributed by atoms with van der Waals surface area (Å²) < 4.78 is 38.1. The Morgan fingerprint density at radius 3 is 2.43 bits per heavy atom. The first kappa shape index (κ1) is 15.3. The fraction of sp³-hybridized carbons (Fsp3) is 0.385. The normalized spacial score (nSPS) is 19.3. The molecule has 0 bridgehead atoms. The van der Waals surface area contributed by atoms with Crippen LogP contribution in [0.2, 0.25) is 0 Å². The van der Waals surface area contributed by atoms with E-state index < -0.39 is 24.7 Å². The maximum atomic E-state index is 12.7. The zero-order chi connectivity index (χ0) is 15.8. The Labute approximate surface area is 119 Å². The lowest BCUT2D eigenvalue weighted by molar-refractivity contribution is -0.133. The standard InChI is InChI=1S/C13H14F3N3O2/c1-8(20)18-6-9(17)12(21)19(7-13(14,15)16)11-5-3-2-4-10(11)18/h2-5,9H,6-7,17H2,1H3/t9-/m0/s1. The summed E-state index contributed by atoms with van der Waals surface area (Å²) in [6.45, 7) is -0.324. The first-order chi connectivity index (χ1) is 9.70. The number of hydrogen-bond donors (Lipinski definition) is 1. The van der Waals surface area contributed by atoms with Crippen LogP contribution in [0.4, 0.5) is 24.5 Å². The molecule has 2 N–H and O–H groups in total.